The lowest BCUT2D eigenvalue weighted by molar-refractivity contribution is -0.140. The summed E-state index contributed by atoms with van der Waals surface area (Å²) < 4.78 is 45.4. The van der Waals surface area contributed by atoms with Gasteiger partial charge in [-0.25, -0.2) is 12.8 Å². The molecule has 0 unspecified atom stereocenters. The van der Waals surface area contributed by atoms with Crippen molar-refractivity contribution in [3.05, 3.63) is 59.9 Å². The van der Waals surface area contributed by atoms with Crippen LogP contribution in [-0.2, 0) is 26.2 Å². The van der Waals surface area contributed by atoms with Crippen LogP contribution in [0.25, 0.3) is 0 Å². The maximum absolute atomic E-state index is 14.3. The van der Waals surface area contributed by atoms with E-state index in [1.54, 1.807) is 49.4 Å². The molecule has 0 heterocycles. The average Bonchev–Trinajstić information content (AvgIpc) is 2.83. The van der Waals surface area contributed by atoms with Crippen LogP contribution in [0, 0.1) is 5.82 Å². The number of sulfonamides is 1. The molecule has 35 heavy (non-hydrogen) atoms. The van der Waals surface area contributed by atoms with E-state index in [4.69, 9.17) is 4.74 Å². The number of ether oxygens (including phenoxy) is 1. The third-order valence-corrected chi connectivity index (χ3v) is 6.72. The fourth-order valence-electron chi connectivity index (χ4n) is 3.54. The summed E-state index contributed by atoms with van der Waals surface area (Å²) in [5.41, 5.74) is 0.753. The molecule has 2 rings (SSSR count). The normalized spacial score (nSPS) is 12.0. The number of hydrogen-bond acceptors (Lipinski definition) is 5. The van der Waals surface area contributed by atoms with E-state index in [1.165, 1.54) is 22.4 Å². The second-order valence-corrected chi connectivity index (χ2v) is 10.1. The fraction of sp³-hybridized carbons (Fsp3) is 0.440. The van der Waals surface area contributed by atoms with Crippen molar-refractivity contribution in [2.75, 3.05) is 30.8 Å². The van der Waals surface area contributed by atoms with Gasteiger partial charge >= 0.3 is 0 Å². The first-order valence-electron chi connectivity index (χ1n) is 11.5. The minimum atomic E-state index is -3.60. The molecule has 2 aromatic rings. The number of anilines is 1. The van der Waals surface area contributed by atoms with Crippen molar-refractivity contribution in [3.63, 3.8) is 0 Å². The molecule has 10 heteroatoms. The SMILES string of the molecule is CCCNC(=O)[C@H](C)N(Cc1ccccc1F)C(=O)CCCN(c1ccc(OC)cc1)S(C)(=O)=O. The molecule has 0 radical (unpaired) electrons. The Morgan fingerprint density at radius 2 is 1.77 bits per heavy atom. The first kappa shape index (κ1) is 28.1. The highest BCUT2D eigenvalue weighted by Crippen LogP contribution is 2.22. The van der Waals surface area contributed by atoms with Crippen LogP contribution in [0.4, 0.5) is 10.1 Å². The Kier molecular flexibility index (Phi) is 10.5. The molecule has 192 valence electrons. The highest BCUT2D eigenvalue weighted by atomic mass is 32.2. The van der Waals surface area contributed by atoms with Gasteiger partial charge in [-0.1, -0.05) is 25.1 Å². The summed E-state index contributed by atoms with van der Waals surface area (Å²) in [5, 5.41) is 2.77. The summed E-state index contributed by atoms with van der Waals surface area (Å²) >= 11 is 0. The van der Waals surface area contributed by atoms with E-state index in [2.05, 4.69) is 5.32 Å². The van der Waals surface area contributed by atoms with Gasteiger partial charge < -0.3 is 15.0 Å². The van der Waals surface area contributed by atoms with E-state index in [-0.39, 0.29) is 37.7 Å². The van der Waals surface area contributed by atoms with Gasteiger partial charge in [0.25, 0.3) is 0 Å². The minimum absolute atomic E-state index is 0.0119. The predicted octanol–water partition coefficient (Wildman–Crippen LogP) is 3.32. The van der Waals surface area contributed by atoms with Gasteiger partial charge in [-0.05, 0) is 50.1 Å². The number of hydrogen-bond donors (Lipinski definition) is 1. The molecule has 0 aliphatic heterocycles. The molecular formula is C25H34FN3O5S. The molecule has 1 atom stereocenters. The monoisotopic (exact) mass is 507 g/mol. The van der Waals surface area contributed by atoms with E-state index >= 15 is 0 Å². The van der Waals surface area contributed by atoms with Crippen LogP contribution in [0.2, 0.25) is 0 Å². The summed E-state index contributed by atoms with van der Waals surface area (Å²) in [6, 6.07) is 11.9. The van der Waals surface area contributed by atoms with Crippen LogP contribution in [0.15, 0.2) is 48.5 Å². The average molecular weight is 508 g/mol. The van der Waals surface area contributed by atoms with Crippen molar-refractivity contribution < 1.29 is 27.1 Å². The Hall–Kier alpha value is -3.14. The van der Waals surface area contributed by atoms with E-state index in [1.807, 2.05) is 6.92 Å². The van der Waals surface area contributed by atoms with Gasteiger partial charge in [-0.3, -0.25) is 13.9 Å². The lowest BCUT2D eigenvalue weighted by atomic mass is 10.1. The first-order valence-corrected chi connectivity index (χ1v) is 13.4. The second kappa shape index (κ2) is 13.1. The molecule has 0 saturated heterocycles. The first-order chi connectivity index (χ1) is 16.6. The Bertz CT molecular complexity index is 1090. The number of nitrogens with zero attached hydrogens (tertiary/aromatic N) is 2. The number of amides is 2. The van der Waals surface area contributed by atoms with Crippen molar-refractivity contribution >= 4 is 27.5 Å². The molecule has 0 fully saturated rings. The van der Waals surface area contributed by atoms with Gasteiger partial charge in [0.05, 0.1) is 19.1 Å². The van der Waals surface area contributed by atoms with Crippen LogP contribution < -0.4 is 14.4 Å². The van der Waals surface area contributed by atoms with Crippen LogP contribution in [0.1, 0.15) is 38.7 Å². The summed E-state index contributed by atoms with van der Waals surface area (Å²) in [6.45, 7) is 3.99. The van der Waals surface area contributed by atoms with Crippen LogP contribution in [0.5, 0.6) is 5.75 Å². The standard InChI is InChI=1S/C25H34FN3O5S/c1-5-16-27-25(31)19(2)28(18-20-9-6-7-10-23(20)26)24(30)11-8-17-29(35(4,32)33)21-12-14-22(34-3)15-13-21/h6-7,9-10,12-15,19H,5,8,11,16-18H2,1-4H3,(H,27,31)/t19-/m0/s1. The molecule has 2 aromatic carbocycles. The summed E-state index contributed by atoms with van der Waals surface area (Å²) in [6.07, 6.45) is 2.05. The predicted molar refractivity (Wildman–Crippen MR) is 134 cm³/mol. The van der Waals surface area contributed by atoms with E-state index < -0.39 is 21.9 Å². The summed E-state index contributed by atoms with van der Waals surface area (Å²) in [7, 11) is -2.08. The highest BCUT2D eigenvalue weighted by molar-refractivity contribution is 7.92. The van der Waals surface area contributed by atoms with Gasteiger partial charge in [0.2, 0.25) is 21.8 Å². The summed E-state index contributed by atoms with van der Waals surface area (Å²) in [4.78, 5) is 27.1. The molecule has 0 spiro atoms. The fourth-order valence-corrected chi connectivity index (χ4v) is 4.51. The molecular weight excluding hydrogens is 473 g/mol. The van der Waals surface area contributed by atoms with Gasteiger partial charge in [0.1, 0.15) is 17.6 Å². The Morgan fingerprint density at radius 1 is 1.11 bits per heavy atom. The van der Waals surface area contributed by atoms with Gasteiger partial charge in [0, 0.05) is 31.6 Å². The van der Waals surface area contributed by atoms with Crippen LogP contribution in [0.3, 0.4) is 0 Å². The number of carbonyl (C=O) groups excluding carboxylic acids is 2. The Morgan fingerprint density at radius 3 is 2.34 bits per heavy atom. The van der Waals surface area contributed by atoms with Crippen LogP contribution in [-0.4, -0.2) is 57.6 Å². The van der Waals surface area contributed by atoms with Gasteiger partial charge in [-0.15, -0.1) is 0 Å². The van der Waals surface area contributed by atoms with Crippen molar-refractivity contribution in [2.24, 2.45) is 0 Å². The number of benzene rings is 2. The summed E-state index contributed by atoms with van der Waals surface area (Å²) in [5.74, 6) is -0.561. The molecule has 2 amide bonds. The van der Waals surface area contributed by atoms with Crippen molar-refractivity contribution in [3.8, 4) is 5.75 Å². The van der Waals surface area contributed by atoms with Crippen LogP contribution >= 0.6 is 0 Å². The smallest absolute Gasteiger partial charge is 0.242 e. The quantitative estimate of drug-likeness (QED) is 0.449. The molecule has 0 bridgehead atoms. The number of carbonyl (C=O) groups is 2. The van der Waals surface area contributed by atoms with Crippen molar-refractivity contribution in [2.45, 2.75) is 45.7 Å². The lowest BCUT2D eigenvalue weighted by Crippen LogP contribution is -2.48. The molecule has 8 nitrogen and oxygen atoms in total. The highest BCUT2D eigenvalue weighted by Gasteiger charge is 2.27. The topological polar surface area (TPSA) is 96.0 Å². The third-order valence-electron chi connectivity index (χ3n) is 5.53. The lowest BCUT2D eigenvalue weighted by Gasteiger charge is -2.29. The maximum atomic E-state index is 14.3. The zero-order valence-corrected chi connectivity index (χ0v) is 21.5. The molecule has 0 saturated carbocycles. The van der Waals surface area contributed by atoms with E-state index in [0.717, 1.165) is 12.7 Å². The van der Waals surface area contributed by atoms with Gasteiger partial charge in [0.15, 0.2) is 0 Å². The maximum Gasteiger partial charge on any atom is 0.242 e. The largest absolute Gasteiger partial charge is 0.497 e. The molecule has 0 aromatic heterocycles. The number of nitrogens with one attached hydrogen (secondary N) is 1. The van der Waals surface area contributed by atoms with Crippen molar-refractivity contribution in [1.82, 2.24) is 10.2 Å². The number of halogens is 1. The molecule has 0 aliphatic rings. The van der Waals surface area contributed by atoms with E-state index in [9.17, 15) is 22.4 Å². The molecule has 1 N–H and O–H groups in total. The number of rotatable bonds is 13. The third kappa shape index (κ3) is 8.24. The Labute approximate surface area is 207 Å². The molecule has 0 aliphatic carbocycles. The Balaban J connectivity index is 2.16. The van der Waals surface area contributed by atoms with E-state index in [0.29, 0.717) is 23.5 Å². The van der Waals surface area contributed by atoms with Crippen molar-refractivity contribution in [1.29, 1.82) is 0 Å². The zero-order chi connectivity index (χ0) is 26.0. The second-order valence-electron chi connectivity index (χ2n) is 8.22. The number of methoxy groups -OCH3 is 1. The van der Waals surface area contributed by atoms with Gasteiger partial charge in [-0.2, -0.15) is 0 Å². The minimum Gasteiger partial charge on any atom is -0.497 e. The zero-order valence-electron chi connectivity index (χ0n) is 20.7.